The van der Waals surface area contributed by atoms with Gasteiger partial charge in [-0.1, -0.05) is 26.6 Å². The largest absolute Gasteiger partial charge is 1.00 e. The van der Waals surface area contributed by atoms with E-state index in [4.69, 9.17) is 11.6 Å². The number of alkyl halides is 1. The van der Waals surface area contributed by atoms with E-state index in [0.29, 0.717) is 17.9 Å². The molecule has 0 radical (unpaired) electrons. The summed E-state index contributed by atoms with van der Waals surface area (Å²) in [6, 6.07) is 6.17. The molecule has 0 bridgehead atoms. The second kappa shape index (κ2) is 8.75. The number of halogens is 2. The van der Waals surface area contributed by atoms with E-state index in [1.54, 1.807) is 18.2 Å². The first-order valence-electron chi connectivity index (χ1n) is 3.74. The minimum atomic E-state index is -0.788. The molecule has 1 N–H and O–H groups in total. The molecule has 0 amide bonds. The fourth-order valence-electron chi connectivity index (χ4n) is 1.00. The number of rotatable bonds is 3. The molecule has 1 atom stereocenters. The molecule has 0 aliphatic heterocycles. The van der Waals surface area contributed by atoms with Crippen LogP contribution in [0.5, 0.6) is 0 Å². The molecule has 74 valence electrons. The van der Waals surface area contributed by atoms with Gasteiger partial charge in [0.15, 0.2) is 0 Å². The Morgan fingerprint density at radius 1 is 1.36 bits per heavy atom. The Labute approximate surface area is 113 Å². The van der Waals surface area contributed by atoms with Crippen LogP contribution < -0.4 is 29.6 Å². The van der Waals surface area contributed by atoms with Gasteiger partial charge in [-0.05, 0) is 12.5 Å². The van der Waals surface area contributed by atoms with Gasteiger partial charge in [0.2, 0.25) is 0 Å². The first-order chi connectivity index (χ1) is 5.75. The summed E-state index contributed by atoms with van der Waals surface area (Å²) in [5.74, 6) is -0.0507. The van der Waals surface area contributed by atoms with Crippen LogP contribution in [0.1, 0.15) is 18.1 Å². The van der Waals surface area contributed by atoms with Crippen molar-refractivity contribution < 1.29 is 39.1 Å². The third-order valence-corrected chi connectivity index (χ3v) is 1.86. The van der Waals surface area contributed by atoms with Crippen molar-refractivity contribution in [1.29, 1.82) is 0 Å². The molecule has 0 saturated carbocycles. The number of aliphatic hydroxyl groups excluding tert-OH is 1. The van der Waals surface area contributed by atoms with Crippen LogP contribution in [-0.4, -0.2) is 19.4 Å². The molecule has 0 aliphatic carbocycles. The maximum absolute atomic E-state index is 13.0. The van der Waals surface area contributed by atoms with E-state index in [0.717, 1.165) is 0 Å². The standard InChI is InChI=1S/C9H10ClFO.BH4.Na/c10-6-5-9(12)7-3-1-2-4-8(7)11;;/h1-4,9,12H,5-6H2;1H4;/q;-1;+1. The predicted molar refractivity (Wildman–Crippen MR) is 58.0 cm³/mol. The van der Waals surface area contributed by atoms with Gasteiger partial charge in [0.1, 0.15) is 5.82 Å². The number of aliphatic hydroxyl groups is 1. The first-order valence-corrected chi connectivity index (χ1v) is 4.27. The number of benzene rings is 1. The molecule has 0 aliphatic rings. The van der Waals surface area contributed by atoms with Crippen molar-refractivity contribution in [2.75, 3.05) is 5.88 Å². The molecule has 0 aromatic heterocycles. The van der Waals surface area contributed by atoms with Crippen molar-refractivity contribution >= 4 is 20.0 Å². The second-order valence-corrected chi connectivity index (χ2v) is 2.89. The van der Waals surface area contributed by atoms with Gasteiger partial charge in [0.25, 0.3) is 0 Å². The smallest absolute Gasteiger partial charge is 0.388 e. The summed E-state index contributed by atoms with van der Waals surface area (Å²) in [6.45, 7) is 0. The monoisotopic (exact) mass is 226 g/mol. The minimum Gasteiger partial charge on any atom is -0.388 e. The molecule has 0 saturated heterocycles. The molecule has 1 aromatic rings. The van der Waals surface area contributed by atoms with Crippen molar-refractivity contribution in [3.05, 3.63) is 35.6 Å². The molecule has 1 aromatic carbocycles. The Balaban J connectivity index is 0. The van der Waals surface area contributed by atoms with E-state index in [1.165, 1.54) is 6.07 Å². The van der Waals surface area contributed by atoms with Gasteiger partial charge < -0.3 is 5.11 Å². The third kappa shape index (κ3) is 4.81. The van der Waals surface area contributed by atoms with Crippen LogP contribution in [0.25, 0.3) is 0 Å². The summed E-state index contributed by atoms with van der Waals surface area (Å²) in [5, 5.41) is 9.38. The number of hydrogen-bond donors (Lipinski definition) is 1. The minimum absolute atomic E-state index is 0. The Bertz CT molecular complexity index is 262. The van der Waals surface area contributed by atoms with Crippen molar-refractivity contribution in [2.24, 2.45) is 0 Å². The Morgan fingerprint density at radius 3 is 2.43 bits per heavy atom. The molecular formula is C9H14BClFNaO. The van der Waals surface area contributed by atoms with Crippen molar-refractivity contribution in [3.63, 3.8) is 0 Å². The zero-order valence-electron chi connectivity index (χ0n) is 7.50. The van der Waals surface area contributed by atoms with Crippen molar-refractivity contribution in [3.8, 4) is 0 Å². The summed E-state index contributed by atoms with van der Waals surface area (Å²) in [4.78, 5) is 0. The van der Waals surface area contributed by atoms with Crippen molar-refractivity contribution in [2.45, 2.75) is 12.5 Å². The Kier molecular flexibility index (Phi) is 10.5. The maximum atomic E-state index is 13.0. The molecule has 0 fully saturated rings. The van der Waals surface area contributed by atoms with Crippen LogP contribution in [0.2, 0.25) is 0 Å². The van der Waals surface area contributed by atoms with Crippen LogP contribution >= 0.6 is 11.6 Å². The molecule has 1 nitrogen and oxygen atoms in total. The molecule has 5 heteroatoms. The van der Waals surface area contributed by atoms with Gasteiger partial charge in [-0.3, -0.25) is 0 Å². The maximum Gasteiger partial charge on any atom is 1.00 e. The second-order valence-electron chi connectivity index (χ2n) is 2.51. The molecule has 0 spiro atoms. The van der Waals surface area contributed by atoms with Crippen LogP contribution in [0.15, 0.2) is 24.3 Å². The van der Waals surface area contributed by atoms with Crippen LogP contribution in [0.4, 0.5) is 4.39 Å². The Hall–Kier alpha value is 0.465. The SMILES string of the molecule is OC(CCCl)c1ccccc1F.[BH4-].[Na+]. The number of hydrogen-bond acceptors (Lipinski definition) is 1. The van der Waals surface area contributed by atoms with Crippen LogP contribution in [0, 0.1) is 5.82 Å². The summed E-state index contributed by atoms with van der Waals surface area (Å²) in [6.07, 6.45) is -0.411. The summed E-state index contributed by atoms with van der Waals surface area (Å²) in [5.41, 5.74) is 0.318. The zero-order valence-corrected chi connectivity index (χ0v) is 10.3. The quantitative estimate of drug-likeness (QED) is 0.469. The normalized spacial score (nSPS) is 11.1. The van der Waals surface area contributed by atoms with Crippen molar-refractivity contribution in [1.82, 2.24) is 0 Å². The predicted octanol–water partition coefficient (Wildman–Crippen LogP) is -1.96. The topological polar surface area (TPSA) is 20.2 Å². The van der Waals surface area contributed by atoms with Gasteiger partial charge in [0, 0.05) is 11.4 Å². The van der Waals surface area contributed by atoms with E-state index in [-0.39, 0.29) is 43.8 Å². The van der Waals surface area contributed by atoms with Gasteiger partial charge in [-0.15, -0.1) is 11.6 Å². The molecule has 14 heavy (non-hydrogen) atoms. The average Bonchev–Trinajstić information content (AvgIpc) is 2.05. The summed E-state index contributed by atoms with van der Waals surface area (Å²) >= 11 is 5.42. The fourth-order valence-corrected chi connectivity index (χ4v) is 1.21. The van der Waals surface area contributed by atoms with E-state index in [1.807, 2.05) is 0 Å². The summed E-state index contributed by atoms with van der Waals surface area (Å²) < 4.78 is 13.0. The Morgan fingerprint density at radius 2 is 1.93 bits per heavy atom. The van der Waals surface area contributed by atoms with E-state index < -0.39 is 6.10 Å². The van der Waals surface area contributed by atoms with Gasteiger partial charge in [0.05, 0.1) is 6.10 Å². The van der Waals surface area contributed by atoms with E-state index in [2.05, 4.69) is 0 Å². The van der Waals surface area contributed by atoms with Gasteiger partial charge >= 0.3 is 29.6 Å². The molecule has 1 rings (SSSR count). The van der Waals surface area contributed by atoms with Gasteiger partial charge in [-0.25, -0.2) is 4.39 Å². The molecular weight excluding hydrogens is 212 g/mol. The van der Waals surface area contributed by atoms with E-state index >= 15 is 0 Å². The van der Waals surface area contributed by atoms with Crippen LogP contribution in [-0.2, 0) is 0 Å². The third-order valence-electron chi connectivity index (χ3n) is 1.65. The summed E-state index contributed by atoms with van der Waals surface area (Å²) in [7, 11) is 0. The van der Waals surface area contributed by atoms with Crippen LogP contribution in [0.3, 0.4) is 0 Å². The molecule has 0 heterocycles. The fraction of sp³-hybridized carbons (Fsp3) is 0.333. The van der Waals surface area contributed by atoms with Gasteiger partial charge in [-0.2, -0.15) is 0 Å². The zero-order chi connectivity index (χ0) is 8.97. The first kappa shape index (κ1) is 16.9. The average molecular weight is 226 g/mol. The molecule has 1 unspecified atom stereocenters. The van der Waals surface area contributed by atoms with E-state index in [9.17, 15) is 9.50 Å².